The summed E-state index contributed by atoms with van der Waals surface area (Å²) >= 11 is 0. The third kappa shape index (κ3) is 9.79. The summed E-state index contributed by atoms with van der Waals surface area (Å²) in [4.78, 5) is 58.6. The Labute approximate surface area is 253 Å². The van der Waals surface area contributed by atoms with Crippen molar-refractivity contribution in [3.63, 3.8) is 0 Å². The lowest BCUT2D eigenvalue weighted by molar-refractivity contribution is -0.191. The van der Waals surface area contributed by atoms with E-state index in [9.17, 15) is 19.2 Å². The molecule has 0 saturated heterocycles. The largest absolute Gasteiger partial charge is 0.481 e. The molecule has 0 atom stereocenters. The molecule has 4 heterocycles. The van der Waals surface area contributed by atoms with E-state index in [0.29, 0.717) is 0 Å². The fraction of sp³-hybridized carbons (Fsp3) is 0.250. The van der Waals surface area contributed by atoms with E-state index in [0.717, 1.165) is 25.7 Å². The van der Waals surface area contributed by atoms with E-state index >= 15 is 0 Å². The van der Waals surface area contributed by atoms with E-state index in [1.807, 2.05) is 49.6 Å². The number of hydrogen-bond donors (Lipinski definition) is 4. The van der Waals surface area contributed by atoms with Crippen LogP contribution in [0.1, 0.15) is 22.3 Å². The number of carbonyl (C=O) groups is 4. The molecule has 0 amide bonds. The minimum absolute atomic E-state index is 1.06. The number of rotatable bonds is 10. The summed E-state index contributed by atoms with van der Waals surface area (Å²) in [5, 5.41) is 34.6. The van der Waals surface area contributed by atoms with Gasteiger partial charge in [0.15, 0.2) is 0 Å². The molecule has 0 bridgehead atoms. The van der Waals surface area contributed by atoms with Gasteiger partial charge in [0, 0.05) is 49.6 Å². The first kappa shape index (κ1) is 33.0. The summed E-state index contributed by atoms with van der Waals surface area (Å²) in [5.74, 6) is -13.2. The van der Waals surface area contributed by atoms with Crippen LogP contribution in [0.4, 0.5) is 0 Å². The molecule has 0 aromatic carbocycles. The van der Waals surface area contributed by atoms with Crippen LogP contribution in [0.25, 0.3) is 0 Å². The quantitative estimate of drug-likeness (QED) is 0.207. The summed E-state index contributed by atoms with van der Waals surface area (Å²) in [5.41, 5.74) is 5.32. The highest BCUT2D eigenvalue weighted by molar-refractivity contribution is 5.95. The monoisotopic (exact) mass is 600 g/mol. The van der Waals surface area contributed by atoms with Crippen LogP contribution >= 0.6 is 0 Å². The lowest BCUT2D eigenvalue weighted by Gasteiger charge is -2.42. The van der Waals surface area contributed by atoms with Crippen molar-refractivity contribution in [2.24, 2.45) is 23.7 Å². The summed E-state index contributed by atoms with van der Waals surface area (Å²) in [6, 6.07) is 16.5. The van der Waals surface area contributed by atoms with Crippen LogP contribution in [0.3, 0.4) is 0 Å². The molecular weight excluding hydrogens is 568 g/mol. The van der Waals surface area contributed by atoms with Crippen molar-refractivity contribution in [1.29, 1.82) is 0 Å². The average Bonchev–Trinajstić information content (AvgIpc) is 3.00. The maximum absolute atomic E-state index is 10.7. The molecule has 1 saturated carbocycles. The minimum Gasteiger partial charge on any atom is -0.481 e. The molecule has 0 spiro atoms. The topological polar surface area (TPSA) is 201 Å². The van der Waals surface area contributed by atoms with Crippen LogP contribution in [-0.4, -0.2) is 64.2 Å². The molecule has 228 valence electrons. The molecule has 0 unspecified atom stereocenters. The number of carboxylic acid groups (broad SMARTS) is 4. The second kappa shape index (κ2) is 16.8. The van der Waals surface area contributed by atoms with Gasteiger partial charge in [-0.2, -0.15) is 0 Å². The molecular formula is C32H32N4O8. The zero-order chi connectivity index (χ0) is 31.9. The van der Waals surface area contributed by atoms with Crippen molar-refractivity contribution >= 4 is 23.9 Å². The molecule has 1 aliphatic carbocycles. The van der Waals surface area contributed by atoms with Crippen molar-refractivity contribution in [3.8, 4) is 0 Å². The predicted molar refractivity (Wildman–Crippen MR) is 156 cm³/mol. The Bertz CT molecular complexity index is 1250. The fourth-order valence-electron chi connectivity index (χ4n) is 4.75. The third-order valence-corrected chi connectivity index (χ3v) is 7.09. The second-order valence-electron chi connectivity index (χ2n) is 9.88. The van der Waals surface area contributed by atoms with Gasteiger partial charge in [0.05, 0.1) is 23.7 Å². The molecule has 1 aliphatic rings. The molecule has 12 nitrogen and oxygen atoms in total. The van der Waals surface area contributed by atoms with Crippen molar-refractivity contribution in [1.82, 2.24) is 19.9 Å². The van der Waals surface area contributed by atoms with Crippen molar-refractivity contribution in [2.75, 3.05) is 0 Å². The SMILES string of the molecule is O=C(O)C1C(C(=O)O)C(C(=O)O)C1C(=O)O.c1cc(CCc2ccncc2)ccn1.c1cc(CCc2ccncc2)ccn1. The van der Waals surface area contributed by atoms with Gasteiger partial charge in [-0.1, -0.05) is 0 Å². The van der Waals surface area contributed by atoms with E-state index in [4.69, 9.17) is 20.4 Å². The molecule has 4 aromatic heterocycles. The Kier molecular flexibility index (Phi) is 12.6. The van der Waals surface area contributed by atoms with Gasteiger partial charge in [-0.05, 0) is 96.5 Å². The highest BCUT2D eigenvalue weighted by atomic mass is 16.4. The van der Waals surface area contributed by atoms with Gasteiger partial charge >= 0.3 is 23.9 Å². The number of pyridine rings is 4. The van der Waals surface area contributed by atoms with E-state index in [-0.39, 0.29) is 0 Å². The molecule has 0 aliphatic heterocycles. The van der Waals surface area contributed by atoms with Crippen LogP contribution in [0.2, 0.25) is 0 Å². The first-order chi connectivity index (χ1) is 21.2. The molecule has 0 radical (unpaired) electrons. The zero-order valence-electron chi connectivity index (χ0n) is 23.6. The highest BCUT2D eigenvalue weighted by Gasteiger charge is 2.64. The average molecular weight is 601 g/mol. The summed E-state index contributed by atoms with van der Waals surface area (Å²) < 4.78 is 0. The van der Waals surface area contributed by atoms with Gasteiger partial charge in [-0.25, -0.2) is 0 Å². The minimum atomic E-state index is -1.70. The molecule has 4 N–H and O–H groups in total. The van der Waals surface area contributed by atoms with Crippen LogP contribution in [0.15, 0.2) is 98.1 Å². The first-order valence-electron chi connectivity index (χ1n) is 13.7. The molecule has 4 aromatic rings. The lowest BCUT2D eigenvalue weighted by atomic mass is 9.56. The van der Waals surface area contributed by atoms with Gasteiger partial charge in [0.25, 0.3) is 0 Å². The first-order valence-corrected chi connectivity index (χ1v) is 13.7. The number of carboxylic acids is 4. The smallest absolute Gasteiger partial charge is 0.308 e. The van der Waals surface area contributed by atoms with Gasteiger partial charge in [0.2, 0.25) is 0 Å². The molecule has 44 heavy (non-hydrogen) atoms. The number of aliphatic carboxylic acids is 4. The molecule has 12 heteroatoms. The van der Waals surface area contributed by atoms with E-state index < -0.39 is 47.5 Å². The van der Waals surface area contributed by atoms with Gasteiger partial charge in [-0.3, -0.25) is 39.1 Å². The predicted octanol–water partition coefficient (Wildman–Crippen LogP) is 3.33. The van der Waals surface area contributed by atoms with Gasteiger partial charge < -0.3 is 20.4 Å². The van der Waals surface area contributed by atoms with Crippen LogP contribution < -0.4 is 0 Å². The van der Waals surface area contributed by atoms with E-state index in [1.54, 1.807) is 0 Å². The van der Waals surface area contributed by atoms with Crippen LogP contribution in [0.5, 0.6) is 0 Å². The normalized spacial score (nSPS) is 18.2. The number of hydrogen-bond acceptors (Lipinski definition) is 8. The summed E-state index contributed by atoms with van der Waals surface area (Å²) in [7, 11) is 0. The Balaban J connectivity index is 0.000000181. The Hall–Kier alpha value is -5.52. The zero-order valence-corrected chi connectivity index (χ0v) is 23.6. The Morgan fingerprint density at radius 2 is 0.545 bits per heavy atom. The highest BCUT2D eigenvalue weighted by Crippen LogP contribution is 2.47. The second-order valence-corrected chi connectivity index (χ2v) is 9.88. The van der Waals surface area contributed by atoms with Gasteiger partial charge in [0.1, 0.15) is 0 Å². The van der Waals surface area contributed by atoms with Crippen molar-refractivity contribution in [3.05, 3.63) is 120 Å². The van der Waals surface area contributed by atoms with Crippen molar-refractivity contribution in [2.45, 2.75) is 25.7 Å². The maximum atomic E-state index is 10.7. The number of aromatic nitrogens is 4. The third-order valence-electron chi connectivity index (χ3n) is 7.09. The summed E-state index contributed by atoms with van der Waals surface area (Å²) in [6.07, 6.45) is 18.9. The number of aryl methyl sites for hydroxylation is 4. The standard InChI is InChI=1S/2C12H12N2.C8H8O8/c2*1(11-3-7-13-8-4-11)2-12-5-9-14-10-6-12;9-5(10)1-2(6(11)12)4(8(15)16)3(1)7(13)14/h2*3-10H,1-2H2;1-4H,(H,9,10)(H,11,12)(H,13,14)(H,15,16). The Morgan fingerprint density at radius 1 is 0.386 bits per heavy atom. The molecule has 1 fully saturated rings. The maximum Gasteiger partial charge on any atom is 0.308 e. The summed E-state index contributed by atoms with van der Waals surface area (Å²) in [6.45, 7) is 0. The Morgan fingerprint density at radius 3 is 0.682 bits per heavy atom. The lowest BCUT2D eigenvalue weighted by Crippen LogP contribution is -2.59. The van der Waals surface area contributed by atoms with Crippen LogP contribution in [-0.2, 0) is 44.9 Å². The van der Waals surface area contributed by atoms with Gasteiger partial charge in [-0.15, -0.1) is 0 Å². The molecule has 5 rings (SSSR count). The number of nitrogens with zero attached hydrogens (tertiary/aromatic N) is 4. The van der Waals surface area contributed by atoms with E-state index in [2.05, 4.69) is 68.5 Å². The van der Waals surface area contributed by atoms with Crippen molar-refractivity contribution < 1.29 is 39.6 Å². The fourth-order valence-corrected chi connectivity index (χ4v) is 4.75. The van der Waals surface area contributed by atoms with E-state index in [1.165, 1.54) is 22.3 Å². The van der Waals surface area contributed by atoms with Crippen LogP contribution in [0, 0.1) is 23.7 Å².